The lowest BCUT2D eigenvalue weighted by Gasteiger charge is -2.10. The smallest absolute Gasteiger partial charge is 0.340 e. The Hall–Kier alpha value is -4.12. The number of rotatable bonds is 3. The van der Waals surface area contributed by atoms with Crippen LogP contribution < -0.4 is 11.1 Å². The van der Waals surface area contributed by atoms with Gasteiger partial charge in [-0.25, -0.2) is 4.79 Å². The number of nitrogens with zero attached hydrogens (tertiary/aromatic N) is 3. The molecule has 2 aromatic heterocycles. The number of carbonyl (C=O) groups is 1. The van der Waals surface area contributed by atoms with Crippen LogP contribution in [-0.2, 0) is 7.05 Å². The number of H-pyrrole nitrogens is 1. The Morgan fingerprint density at radius 2 is 2.07 bits per heavy atom. The number of nitriles is 1. The fraction of sp³-hybridized carbons (Fsp3) is 0.0526. The van der Waals surface area contributed by atoms with Crippen molar-refractivity contribution in [3.05, 3.63) is 70.3 Å². The van der Waals surface area contributed by atoms with Crippen molar-refractivity contribution in [3.8, 4) is 17.5 Å². The molecule has 8 heteroatoms. The predicted molar refractivity (Wildman–Crippen MR) is 98.1 cm³/mol. The lowest BCUT2D eigenvalue weighted by atomic mass is 10.1. The van der Waals surface area contributed by atoms with E-state index in [9.17, 15) is 9.59 Å². The molecule has 27 heavy (non-hydrogen) atoms. The van der Waals surface area contributed by atoms with Crippen LogP contribution in [0.4, 0.5) is 5.69 Å². The molecule has 0 bridgehead atoms. The number of fused-ring (bicyclic) bond motifs is 1. The van der Waals surface area contributed by atoms with Crippen LogP contribution in [0.15, 0.2) is 57.8 Å². The molecule has 0 saturated heterocycles. The van der Waals surface area contributed by atoms with Crippen molar-refractivity contribution in [2.45, 2.75) is 0 Å². The van der Waals surface area contributed by atoms with Gasteiger partial charge in [-0.05, 0) is 30.3 Å². The maximum Gasteiger partial charge on any atom is 0.439 e. The van der Waals surface area contributed by atoms with E-state index in [2.05, 4.69) is 20.0 Å². The molecule has 2 aromatic carbocycles. The van der Waals surface area contributed by atoms with E-state index in [1.54, 1.807) is 22.8 Å². The van der Waals surface area contributed by atoms with Crippen molar-refractivity contribution in [1.29, 1.82) is 5.26 Å². The molecule has 0 aliphatic rings. The molecule has 2 heterocycles. The van der Waals surface area contributed by atoms with Crippen molar-refractivity contribution < 1.29 is 9.32 Å². The molecule has 1 amide bonds. The molecular formula is C19H13N5O3. The average molecular weight is 359 g/mol. The molecule has 0 aliphatic carbocycles. The molecule has 4 rings (SSSR count). The zero-order valence-electron chi connectivity index (χ0n) is 14.2. The fourth-order valence-electron chi connectivity index (χ4n) is 2.96. The number of hydrogen-bond donors (Lipinski definition) is 2. The minimum absolute atomic E-state index is 0.129. The Labute approximate surface area is 152 Å². The molecule has 0 fully saturated rings. The van der Waals surface area contributed by atoms with Crippen molar-refractivity contribution in [3.63, 3.8) is 0 Å². The lowest BCUT2D eigenvalue weighted by Crippen LogP contribution is -2.16. The van der Waals surface area contributed by atoms with Gasteiger partial charge < -0.3 is 9.88 Å². The van der Waals surface area contributed by atoms with Gasteiger partial charge in [0.25, 0.3) is 5.91 Å². The second-order valence-corrected chi connectivity index (χ2v) is 5.92. The van der Waals surface area contributed by atoms with Gasteiger partial charge in [0.15, 0.2) is 5.82 Å². The molecule has 132 valence electrons. The van der Waals surface area contributed by atoms with Gasteiger partial charge in [-0.1, -0.05) is 23.4 Å². The largest absolute Gasteiger partial charge is 0.439 e. The van der Waals surface area contributed by atoms with Crippen LogP contribution in [0.2, 0.25) is 0 Å². The van der Waals surface area contributed by atoms with Gasteiger partial charge in [0.2, 0.25) is 0 Å². The molecule has 2 N–H and O–H groups in total. The highest BCUT2D eigenvalue weighted by Gasteiger charge is 2.17. The lowest BCUT2D eigenvalue weighted by molar-refractivity contribution is 0.102. The third-order valence-corrected chi connectivity index (χ3v) is 4.28. The van der Waals surface area contributed by atoms with Crippen LogP contribution >= 0.6 is 0 Å². The summed E-state index contributed by atoms with van der Waals surface area (Å²) in [6, 6.07) is 16.2. The van der Waals surface area contributed by atoms with Gasteiger partial charge >= 0.3 is 5.76 Å². The van der Waals surface area contributed by atoms with Crippen molar-refractivity contribution in [2.24, 2.45) is 7.05 Å². The number of hydrogen-bond acceptors (Lipinski definition) is 5. The number of aromatic amines is 1. The summed E-state index contributed by atoms with van der Waals surface area (Å²) < 4.78 is 6.33. The Kier molecular flexibility index (Phi) is 3.82. The zero-order chi connectivity index (χ0) is 19.0. The van der Waals surface area contributed by atoms with Gasteiger partial charge in [-0.3, -0.25) is 14.3 Å². The first kappa shape index (κ1) is 16.4. The Balaban J connectivity index is 1.75. The first-order valence-corrected chi connectivity index (χ1v) is 8.03. The van der Waals surface area contributed by atoms with E-state index in [4.69, 9.17) is 5.26 Å². The van der Waals surface area contributed by atoms with Crippen LogP contribution in [0.25, 0.3) is 22.3 Å². The van der Waals surface area contributed by atoms with Crippen molar-refractivity contribution in [2.75, 3.05) is 5.32 Å². The molecule has 0 saturated carbocycles. The summed E-state index contributed by atoms with van der Waals surface area (Å²) in [5, 5.41) is 16.5. The van der Waals surface area contributed by atoms with Gasteiger partial charge in [-0.2, -0.15) is 5.26 Å². The van der Waals surface area contributed by atoms with Crippen LogP contribution in [-0.4, -0.2) is 20.6 Å². The summed E-state index contributed by atoms with van der Waals surface area (Å²) in [5.41, 5.74) is 2.54. The molecule has 8 nitrogen and oxygen atoms in total. The average Bonchev–Trinajstić information content (AvgIpc) is 3.26. The quantitative estimate of drug-likeness (QED) is 0.583. The van der Waals surface area contributed by atoms with E-state index in [-0.39, 0.29) is 11.7 Å². The van der Waals surface area contributed by atoms with Crippen LogP contribution in [0.3, 0.4) is 0 Å². The van der Waals surface area contributed by atoms with E-state index in [1.165, 1.54) is 6.07 Å². The topological polar surface area (TPSA) is 117 Å². The number of para-hydroxylation sites is 1. The van der Waals surface area contributed by atoms with E-state index < -0.39 is 5.76 Å². The highest BCUT2D eigenvalue weighted by atomic mass is 16.5. The summed E-state index contributed by atoms with van der Waals surface area (Å²) >= 11 is 0. The maximum atomic E-state index is 12.8. The normalized spacial score (nSPS) is 10.7. The predicted octanol–water partition coefficient (Wildman–Crippen LogP) is 2.65. The first-order valence-electron chi connectivity index (χ1n) is 8.03. The summed E-state index contributed by atoms with van der Waals surface area (Å²) in [4.78, 5) is 26.5. The highest BCUT2D eigenvalue weighted by molar-refractivity contribution is 6.07. The van der Waals surface area contributed by atoms with Crippen LogP contribution in [0, 0.1) is 11.3 Å². The number of carbonyl (C=O) groups excluding carboxylic acids is 1. The zero-order valence-corrected chi connectivity index (χ0v) is 14.2. The van der Waals surface area contributed by atoms with Crippen molar-refractivity contribution in [1.82, 2.24) is 14.7 Å². The Morgan fingerprint density at radius 1 is 1.26 bits per heavy atom. The minimum atomic E-state index is -0.724. The van der Waals surface area contributed by atoms with Crippen LogP contribution in [0.5, 0.6) is 0 Å². The summed E-state index contributed by atoms with van der Waals surface area (Å²) in [6.45, 7) is 0. The number of anilines is 1. The van der Waals surface area contributed by atoms with E-state index in [0.717, 1.165) is 10.9 Å². The number of benzene rings is 2. The summed E-state index contributed by atoms with van der Waals surface area (Å²) in [7, 11) is 1.81. The third kappa shape index (κ3) is 2.87. The number of aromatic nitrogens is 3. The number of aryl methyl sites for hydroxylation is 1. The molecule has 0 aliphatic heterocycles. The fourth-order valence-corrected chi connectivity index (χ4v) is 2.96. The van der Waals surface area contributed by atoms with E-state index >= 15 is 0 Å². The van der Waals surface area contributed by atoms with Gasteiger partial charge in [0, 0.05) is 23.5 Å². The Morgan fingerprint density at radius 3 is 2.78 bits per heavy atom. The minimum Gasteiger partial charge on any atom is -0.340 e. The second kappa shape index (κ2) is 6.31. The second-order valence-electron chi connectivity index (χ2n) is 5.92. The molecule has 0 unspecified atom stereocenters. The van der Waals surface area contributed by atoms with Gasteiger partial charge in [0.05, 0.1) is 17.3 Å². The molecule has 4 aromatic rings. The third-order valence-electron chi connectivity index (χ3n) is 4.28. The van der Waals surface area contributed by atoms with Gasteiger partial charge in [0.1, 0.15) is 5.69 Å². The van der Waals surface area contributed by atoms with Gasteiger partial charge in [-0.15, -0.1) is 0 Å². The number of nitrogens with one attached hydrogen (secondary N) is 2. The molecule has 0 radical (unpaired) electrons. The molecule has 0 spiro atoms. The molecule has 0 atom stereocenters. The van der Waals surface area contributed by atoms with E-state index in [0.29, 0.717) is 22.5 Å². The van der Waals surface area contributed by atoms with E-state index in [1.807, 2.05) is 37.4 Å². The standard InChI is InChI=1S/C19H13N5O3/c1-24-15-5-3-2-4-12(15)9-16(24)18(25)21-14-7-6-11(10-20)8-13(14)17-22-19(26)27-23-17/h2-9H,1H3,(H,21,25)(H,22,23,26). The monoisotopic (exact) mass is 359 g/mol. The van der Waals surface area contributed by atoms with Crippen LogP contribution in [0.1, 0.15) is 16.1 Å². The SMILES string of the molecule is Cn1c(C(=O)Nc2ccc(C#N)cc2-c2noc(=O)[nH]2)cc2ccccc21. The maximum absolute atomic E-state index is 12.8. The highest BCUT2D eigenvalue weighted by Crippen LogP contribution is 2.27. The first-order chi connectivity index (χ1) is 13.1. The summed E-state index contributed by atoms with van der Waals surface area (Å²) in [6.07, 6.45) is 0. The number of amides is 1. The Bertz CT molecular complexity index is 1270. The van der Waals surface area contributed by atoms with Crippen molar-refractivity contribution >= 4 is 22.5 Å². The molecular weight excluding hydrogens is 346 g/mol. The summed E-state index contributed by atoms with van der Waals surface area (Å²) in [5.74, 6) is -0.923.